The first-order valence-corrected chi connectivity index (χ1v) is 7.34. The number of nitrogens with zero attached hydrogens (tertiary/aromatic N) is 2. The van der Waals surface area contributed by atoms with Crippen molar-refractivity contribution in [3.63, 3.8) is 0 Å². The molecular formula is C14H22N2O2. The monoisotopic (exact) mass is 250 g/mol. The number of hydrogen-bond acceptors (Lipinski definition) is 2. The lowest BCUT2D eigenvalue weighted by molar-refractivity contribution is -0.139. The molecule has 0 aromatic carbocycles. The minimum atomic E-state index is -0.138. The van der Waals surface area contributed by atoms with E-state index >= 15 is 0 Å². The molecule has 1 saturated carbocycles. The first-order chi connectivity index (χ1) is 8.75. The molecule has 1 unspecified atom stereocenters. The van der Waals surface area contributed by atoms with Crippen molar-refractivity contribution in [1.82, 2.24) is 9.80 Å². The lowest BCUT2D eigenvalue weighted by atomic mass is 10.1. The lowest BCUT2D eigenvalue weighted by Gasteiger charge is -2.25. The van der Waals surface area contributed by atoms with Crippen LogP contribution >= 0.6 is 0 Å². The van der Waals surface area contributed by atoms with Gasteiger partial charge in [0.2, 0.25) is 11.8 Å². The lowest BCUT2D eigenvalue weighted by Crippen LogP contribution is -2.43. The van der Waals surface area contributed by atoms with E-state index in [-0.39, 0.29) is 17.9 Å². The highest BCUT2D eigenvalue weighted by atomic mass is 16.2. The van der Waals surface area contributed by atoms with Crippen molar-refractivity contribution in [2.45, 2.75) is 51.0 Å². The van der Waals surface area contributed by atoms with Crippen LogP contribution in [0.1, 0.15) is 44.9 Å². The Hall–Kier alpha value is -1.06. The largest absolute Gasteiger partial charge is 0.340 e. The van der Waals surface area contributed by atoms with E-state index in [1.165, 1.54) is 19.3 Å². The van der Waals surface area contributed by atoms with Crippen molar-refractivity contribution in [3.05, 3.63) is 0 Å². The van der Waals surface area contributed by atoms with Crippen LogP contribution in [0.3, 0.4) is 0 Å². The van der Waals surface area contributed by atoms with Crippen LogP contribution in [0.4, 0.5) is 0 Å². The fourth-order valence-corrected chi connectivity index (χ4v) is 3.22. The molecule has 0 aromatic rings. The van der Waals surface area contributed by atoms with Crippen molar-refractivity contribution in [2.24, 2.45) is 5.92 Å². The predicted molar refractivity (Wildman–Crippen MR) is 67.9 cm³/mol. The summed E-state index contributed by atoms with van der Waals surface area (Å²) in [6.45, 7) is 2.27. The average Bonchev–Trinajstić information content (AvgIpc) is 3.07. The summed E-state index contributed by atoms with van der Waals surface area (Å²) in [5.74, 6) is 1.31. The number of hydrogen-bond donors (Lipinski definition) is 0. The van der Waals surface area contributed by atoms with Crippen molar-refractivity contribution in [2.75, 3.05) is 19.6 Å². The Labute approximate surface area is 108 Å². The molecule has 0 bridgehead atoms. The Balaban J connectivity index is 1.59. The summed E-state index contributed by atoms with van der Waals surface area (Å²) in [4.78, 5) is 28.1. The first kappa shape index (κ1) is 12.0. The highest BCUT2D eigenvalue weighted by Crippen LogP contribution is 2.33. The third kappa shape index (κ3) is 2.38. The molecule has 3 fully saturated rings. The molecule has 2 heterocycles. The smallest absolute Gasteiger partial charge is 0.245 e. The Bertz CT molecular complexity index is 352. The van der Waals surface area contributed by atoms with Crippen LogP contribution in [0, 0.1) is 5.92 Å². The number of fused-ring (bicyclic) bond motifs is 1. The molecule has 0 spiro atoms. The second-order valence-corrected chi connectivity index (χ2v) is 5.91. The third-order valence-corrected chi connectivity index (χ3v) is 4.50. The molecule has 4 heteroatoms. The predicted octanol–water partition coefficient (Wildman–Crippen LogP) is 1.40. The van der Waals surface area contributed by atoms with Gasteiger partial charge in [0.15, 0.2) is 0 Å². The maximum absolute atomic E-state index is 12.4. The molecule has 3 aliphatic rings. The molecule has 1 aliphatic carbocycles. The van der Waals surface area contributed by atoms with Gasteiger partial charge in [0.1, 0.15) is 6.04 Å². The molecule has 18 heavy (non-hydrogen) atoms. The van der Waals surface area contributed by atoms with E-state index in [1.54, 1.807) is 0 Å². The molecule has 2 saturated heterocycles. The summed E-state index contributed by atoms with van der Waals surface area (Å²) < 4.78 is 0. The van der Waals surface area contributed by atoms with Gasteiger partial charge in [0, 0.05) is 26.1 Å². The summed E-state index contributed by atoms with van der Waals surface area (Å²) in [6, 6.07) is -0.138. The van der Waals surface area contributed by atoms with Gasteiger partial charge in [0.25, 0.3) is 0 Å². The summed E-state index contributed by atoms with van der Waals surface area (Å²) >= 11 is 0. The summed E-state index contributed by atoms with van der Waals surface area (Å²) in [6.07, 6.45) is 7.49. The van der Waals surface area contributed by atoms with Crippen LogP contribution in [-0.4, -0.2) is 47.3 Å². The number of carbonyl (C=O) groups is 2. The molecule has 2 amide bonds. The standard InChI is InChI=1S/C14H22N2O2/c17-13-7-10-15(8-1-3-11-5-6-11)14(18)12-4-2-9-16(12)13/h11-12H,1-10H2. The van der Waals surface area contributed by atoms with Crippen molar-refractivity contribution < 1.29 is 9.59 Å². The Morgan fingerprint density at radius 1 is 1.11 bits per heavy atom. The second kappa shape index (κ2) is 4.90. The van der Waals surface area contributed by atoms with Crippen molar-refractivity contribution in [1.29, 1.82) is 0 Å². The zero-order valence-electron chi connectivity index (χ0n) is 10.9. The van der Waals surface area contributed by atoms with E-state index in [4.69, 9.17) is 0 Å². The second-order valence-electron chi connectivity index (χ2n) is 5.91. The van der Waals surface area contributed by atoms with Gasteiger partial charge in [-0.15, -0.1) is 0 Å². The van der Waals surface area contributed by atoms with Crippen molar-refractivity contribution in [3.8, 4) is 0 Å². The highest BCUT2D eigenvalue weighted by molar-refractivity contribution is 5.90. The van der Waals surface area contributed by atoms with Gasteiger partial charge >= 0.3 is 0 Å². The van der Waals surface area contributed by atoms with Gasteiger partial charge in [-0.3, -0.25) is 9.59 Å². The van der Waals surface area contributed by atoms with E-state index in [9.17, 15) is 9.59 Å². The van der Waals surface area contributed by atoms with E-state index < -0.39 is 0 Å². The van der Waals surface area contributed by atoms with Gasteiger partial charge in [-0.2, -0.15) is 0 Å². The third-order valence-electron chi connectivity index (χ3n) is 4.50. The quantitative estimate of drug-likeness (QED) is 0.756. The molecule has 4 nitrogen and oxygen atoms in total. The van der Waals surface area contributed by atoms with Crippen molar-refractivity contribution >= 4 is 11.8 Å². The molecule has 0 aromatic heterocycles. The van der Waals surface area contributed by atoms with Crippen LogP contribution in [0.5, 0.6) is 0 Å². The van der Waals surface area contributed by atoms with Gasteiger partial charge in [-0.05, 0) is 31.6 Å². The summed E-state index contributed by atoms with van der Waals surface area (Å²) in [7, 11) is 0. The fourth-order valence-electron chi connectivity index (χ4n) is 3.22. The molecule has 100 valence electrons. The molecule has 0 radical (unpaired) electrons. The molecule has 1 atom stereocenters. The first-order valence-electron chi connectivity index (χ1n) is 7.34. The minimum Gasteiger partial charge on any atom is -0.340 e. The highest BCUT2D eigenvalue weighted by Gasteiger charge is 2.38. The van der Waals surface area contributed by atoms with Crippen LogP contribution in [-0.2, 0) is 9.59 Å². The fraction of sp³-hybridized carbons (Fsp3) is 0.857. The van der Waals surface area contributed by atoms with E-state index in [0.29, 0.717) is 13.0 Å². The average molecular weight is 250 g/mol. The number of amides is 2. The molecule has 3 rings (SSSR count). The van der Waals surface area contributed by atoms with Gasteiger partial charge in [0.05, 0.1) is 0 Å². The molecule has 0 N–H and O–H groups in total. The summed E-state index contributed by atoms with van der Waals surface area (Å²) in [5, 5.41) is 0. The van der Waals surface area contributed by atoms with E-state index in [2.05, 4.69) is 0 Å². The maximum Gasteiger partial charge on any atom is 0.245 e. The number of rotatable bonds is 4. The van der Waals surface area contributed by atoms with E-state index in [1.807, 2.05) is 9.80 Å². The van der Waals surface area contributed by atoms with Crippen LogP contribution < -0.4 is 0 Å². The van der Waals surface area contributed by atoms with Crippen LogP contribution in [0.2, 0.25) is 0 Å². The number of carbonyl (C=O) groups excluding carboxylic acids is 2. The van der Waals surface area contributed by atoms with Gasteiger partial charge in [-0.25, -0.2) is 0 Å². The normalized spacial score (nSPS) is 28.6. The zero-order valence-corrected chi connectivity index (χ0v) is 10.9. The van der Waals surface area contributed by atoms with E-state index in [0.717, 1.165) is 38.3 Å². The van der Waals surface area contributed by atoms with Gasteiger partial charge in [-0.1, -0.05) is 12.8 Å². The van der Waals surface area contributed by atoms with Gasteiger partial charge < -0.3 is 9.80 Å². The zero-order chi connectivity index (χ0) is 12.5. The minimum absolute atomic E-state index is 0.138. The molecule has 2 aliphatic heterocycles. The molecular weight excluding hydrogens is 228 g/mol. The Morgan fingerprint density at radius 3 is 2.72 bits per heavy atom. The summed E-state index contributed by atoms with van der Waals surface area (Å²) in [5.41, 5.74) is 0. The Kier molecular flexibility index (Phi) is 3.27. The van der Waals surface area contributed by atoms with Crippen LogP contribution in [0.25, 0.3) is 0 Å². The Morgan fingerprint density at radius 2 is 1.94 bits per heavy atom. The maximum atomic E-state index is 12.4. The SMILES string of the molecule is O=C1C2CCCN2C(=O)CCN1CCCC1CC1. The topological polar surface area (TPSA) is 40.6 Å². The van der Waals surface area contributed by atoms with Crippen LogP contribution in [0.15, 0.2) is 0 Å².